The molecule has 1 aliphatic heterocycles. The summed E-state index contributed by atoms with van der Waals surface area (Å²) in [5.74, 6) is 2.25. The van der Waals surface area contributed by atoms with Gasteiger partial charge in [0.15, 0.2) is 0 Å². The summed E-state index contributed by atoms with van der Waals surface area (Å²) in [7, 11) is 0. The molecule has 5 aromatic carbocycles. The van der Waals surface area contributed by atoms with E-state index in [1.165, 1.54) is 16.2 Å². The van der Waals surface area contributed by atoms with Gasteiger partial charge in [0.2, 0.25) is 5.95 Å². The second-order valence-electron chi connectivity index (χ2n) is 9.92. The van der Waals surface area contributed by atoms with Gasteiger partial charge in [-0.05, 0) is 60.7 Å². The zero-order valence-electron chi connectivity index (χ0n) is 20.7. The Kier molecular flexibility index (Phi) is 3.99. The quantitative estimate of drug-likeness (QED) is 0.239. The van der Waals surface area contributed by atoms with Crippen LogP contribution < -0.4 is 4.74 Å². The lowest BCUT2D eigenvalue weighted by Crippen LogP contribution is -2.06. The normalized spacial score (nSPS) is 12.3. The lowest BCUT2D eigenvalue weighted by molar-refractivity contribution is 0.486. The number of hydrogen-bond donors (Lipinski definition) is 0. The van der Waals surface area contributed by atoms with Crippen molar-refractivity contribution in [3.8, 4) is 34.4 Å². The first-order chi connectivity index (χ1) is 19.3. The smallest absolute Gasteiger partial charge is 0.235 e. The van der Waals surface area contributed by atoms with E-state index in [-0.39, 0.29) is 0 Å². The molecule has 4 heterocycles. The summed E-state index contributed by atoms with van der Waals surface area (Å²) < 4.78 is 10.7. The van der Waals surface area contributed by atoms with Gasteiger partial charge in [0.1, 0.15) is 11.5 Å². The van der Waals surface area contributed by atoms with Gasteiger partial charge in [0.05, 0.1) is 33.1 Å². The Bertz CT molecular complexity index is 2260. The first-order valence-electron chi connectivity index (χ1n) is 13.0. The summed E-state index contributed by atoms with van der Waals surface area (Å²) in [4.78, 5) is 10.3. The maximum Gasteiger partial charge on any atom is 0.235 e. The molecule has 39 heavy (non-hydrogen) atoms. The Hall–Kier alpha value is -5.42. The molecule has 0 N–H and O–H groups in total. The van der Waals surface area contributed by atoms with Gasteiger partial charge in [0, 0.05) is 33.6 Å². The summed E-state index contributed by atoms with van der Waals surface area (Å²) >= 11 is 0. The zero-order chi connectivity index (χ0) is 25.5. The summed E-state index contributed by atoms with van der Waals surface area (Å²) in [6.45, 7) is 0. The Morgan fingerprint density at radius 2 is 1.41 bits per heavy atom. The van der Waals surface area contributed by atoms with Crippen LogP contribution in [0.1, 0.15) is 0 Å². The molecule has 3 aromatic heterocycles. The number of aromatic nitrogens is 4. The lowest BCUT2D eigenvalue weighted by Gasteiger charge is -2.21. The van der Waals surface area contributed by atoms with Gasteiger partial charge in [-0.15, -0.1) is 0 Å². The van der Waals surface area contributed by atoms with E-state index in [0.717, 1.165) is 55.9 Å². The average molecular weight is 501 g/mol. The number of ether oxygens (including phenoxy) is 1. The molecule has 182 valence electrons. The summed E-state index contributed by atoms with van der Waals surface area (Å²) in [5.41, 5.74) is 7.16. The highest BCUT2D eigenvalue weighted by atomic mass is 16.5. The number of benzene rings is 5. The Balaban J connectivity index is 1.40. The molecule has 0 fully saturated rings. The zero-order valence-corrected chi connectivity index (χ0v) is 20.7. The van der Waals surface area contributed by atoms with Gasteiger partial charge in [0.25, 0.3) is 0 Å². The van der Waals surface area contributed by atoms with E-state index in [1.54, 1.807) is 0 Å². The van der Waals surface area contributed by atoms with Crippen LogP contribution in [-0.2, 0) is 0 Å². The number of rotatable bonds is 2. The van der Waals surface area contributed by atoms with Gasteiger partial charge in [-0.3, -0.25) is 4.57 Å². The van der Waals surface area contributed by atoms with Crippen LogP contribution in [0.4, 0.5) is 0 Å². The van der Waals surface area contributed by atoms with E-state index >= 15 is 0 Å². The SMILES string of the molecule is c1ccc(-n2ccc3cc4c5ccccc5n(-c5nc6c7c(cccc7n5)Oc5ccccc5-6)c4cc32)cc1. The van der Waals surface area contributed by atoms with Crippen LogP contribution in [0.3, 0.4) is 0 Å². The number of nitrogens with zero attached hydrogens (tertiary/aromatic N) is 4. The fraction of sp³-hybridized carbons (Fsp3) is 0. The third kappa shape index (κ3) is 2.84. The molecule has 0 amide bonds. The molecule has 0 bridgehead atoms. The topological polar surface area (TPSA) is 44.9 Å². The average Bonchev–Trinajstić information content (AvgIpc) is 3.55. The Morgan fingerprint density at radius 1 is 0.590 bits per heavy atom. The summed E-state index contributed by atoms with van der Waals surface area (Å²) in [6.07, 6.45) is 2.14. The van der Waals surface area contributed by atoms with Crippen molar-refractivity contribution in [2.24, 2.45) is 0 Å². The number of para-hydroxylation sites is 3. The molecule has 0 aliphatic carbocycles. The second kappa shape index (κ2) is 7.55. The monoisotopic (exact) mass is 500 g/mol. The minimum atomic E-state index is 0.648. The van der Waals surface area contributed by atoms with Crippen molar-refractivity contribution in [2.45, 2.75) is 0 Å². The van der Waals surface area contributed by atoms with E-state index in [9.17, 15) is 0 Å². The van der Waals surface area contributed by atoms with Crippen molar-refractivity contribution < 1.29 is 4.74 Å². The van der Waals surface area contributed by atoms with Crippen molar-refractivity contribution in [2.75, 3.05) is 0 Å². The minimum Gasteiger partial charge on any atom is -0.456 e. The third-order valence-corrected chi connectivity index (χ3v) is 7.75. The van der Waals surface area contributed by atoms with Crippen molar-refractivity contribution in [1.82, 2.24) is 19.1 Å². The highest BCUT2D eigenvalue weighted by Gasteiger charge is 2.24. The molecule has 5 nitrogen and oxygen atoms in total. The molecule has 0 spiro atoms. The summed E-state index contributed by atoms with van der Waals surface area (Å²) in [6, 6.07) is 39.8. The van der Waals surface area contributed by atoms with E-state index in [1.807, 2.05) is 42.5 Å². The second-order valence-corrected chi connectivity index (χ2v) is 9.92. The van der Waals surface area contributed by atoms with E-state index in [0.29, 0.717) is 5.95 Å². The van der Waals surface area contributed by atoms with Crippen molar-refractivity contribution in [3.63, 3.8) is 0 Å². The van der Waals surface area contributed by atoms with Crippen LogP contribution in [0.2, 0.25) is 0 Å². The molecular weight excluding hydrogens is 480 g/mol. The maximum absolute atomic E-state index is 6.23. The van der Waals surface area contributed by atoms with E-state index in [2.05, 4.69) is 88.1 Å². The molecular formula is C34H20N4O. The minimum absolute atomic E-state index is 0.648. The van der Waals surface area contributed by atoms with Crippen LogP contribution in [-0.4, -0.2) is 19.1 Å². The fourth-order valence-electron chi connectivity index (χ4n) is 6.02. The molecule has 0 unspecified atom stereocenters. The van der Waals surface area contributed by atoms with Gasteiger partial charge < -0.3 is 9.30 Å². The highest BCUT2D eigenvalue weighted by Crippen LogP contribution is 2.45. The fourth-order valence-corrected chi connectivity index (χ4v) is 6.02. The molecule has 0 saturated heterocycles. The lowest BCUT2D eigenvalue weighted by atomic mass is 10.0. The molecule has 9 rings (SSSR count). The van der Waals surface area contributed by atoms with Gasteiger partial charge in [-0.1, -0.05) is 54.6 Å². The summed E-state index contributed by atoms with van der Waals surface area (Å²) in [5, 5.41) is 4.50. The van der Waals surface area contributed by atoms with Gasteiger partial charge in [-0.25, -0.2) is 9.97 Å². The molecule has 5 heteroatoms. The van der Waals surface area contributed by atoms with Gasteiger partial charge in [-0.2, -0.15) is 0 Å². The van der Waals surface area contributed by atoms with Crippen molar-refractivity contribution >= 4 is 43.6 Å². The van der Waals surface area contributed by atoms with Gasteiger partial charge >= 0.3 is 0 Å². The molecule has 0 radical (unpaired) electrons. The molecule has 1 aliphatic rings. The maximum atomic E-state index is 6.23. The molecule has 8 aromatic rings. The van der Waals surface area contributed by atoms with E-state index in [4.69, 9.17) is 14.7 Å². The third-order valence-electron chi connectivity index (χ3n) is 7.75. The first kappa shape index (κ1) is 20.6. The van der Waals surface area contributed by atoms with Crippen LogP contribution in [0.5, 0.6) is 11.5 Å². The standard InChI is InChI=1S/C34H20N4O/c1-2-9-22(10-3-1)37-18-17-21-19-25-23-11-4-6-14-27(23)38(29(25)20-28(21)37)34-35-26-13-8-16-31-32(26)33(36-34)24-12-5-7-15-30(24)39-31/h1-20H. The largest absolute Gasteiger partial charge is 0.456 e. The Labute approximate surface area is 223 Å². The van der Waals surface area contributed by atoms with Crippen LogP contribution in [0.15, 0.2) is 121 Å². The molecule has 0 atom stereocenters. The van der Waals surface area contributed by atoms with Crippen LogP contribution in [0, 0.1) is 0 Å². The predicted octanol–water partition coefficient (Wildman–Crippen LogP) is 8.44. The van der Waals surface area contributed by atoms with Crippen molar-refractivity contribution in [1.29, 1.82) is 0 Å². The molecule has 0 saturated carbocycles. The predicted molar refractivity (Wildman–Crippen MR) is 156 cm³/mol. The van der Waals surface area contributed by atoms with Crippen LogP contribution in [0.25, 0.3) is 66.5 Å². The number of hydrogen-bond acceptors (Lipinski definition) is 3. The first-order valence-corrected chi connectivity index (χ1v) is 13.0. The number of fused-ring (bicyclic) bond motifs is 6. The Morgan fingerprint density at radius 3 is 2.36 bits per heavy atom. The van der Waals surface area contributed by atoms with Crippen molar-refractivity contribution in [3.05, 3.63) is 121 Å². The van der Waals surface area contributed by atoms with Crippen LogP contribution >= 0.6 is 0 Å². The van der Waals surface area contributed by atoms with E-state index < -0.39 is 0 Å². The highest BCUT2D eigenvalue weighted by molar-refractivity contribution is 6.13.